The molecule has 2 heteroatoms. The fourth-order valence-electron chi connectivity index (χ4n) is 1.66. The van der Waals surface area contributed by atoms with Gasteiger partial charge in [0, 0.05) is 5.56 Å². The van der Waals surface area contributed by atoms with Crippen molar-refractivity contribution in [3.05, 3.63) is 29.3 Å². The summed E-state index contributed by atoms with van der Waals surface area (Å²) >= 11 is 0. The third kappa shape index (κ3) is 2.50. The number of methoxy groups -OCH3 is 1. The number of hydrogen-bond acceptors (Lipinski definition) is 2. The molecule has 0 aliphatic rings. The topological polar surface area (TPSA) is 33.0 Å². The number of aryl methyl sites for hydroxylation is 1. The lowest BCUT2D eigenvalue weighted by atomic mass is 9.95. The minimum Gasteiger partial charge on any atom is -0.496 e. The molecule has 0 amide bonds. The zero-order chi connectivity index (χ0) is 11.3. The first-order valence-corrected chi connectivity index (χ1v) is 5.33. The van der Waals surface area contributed by atoms with E-state index in [1.54, 1.807) is 7.11 Å². The van der Waals surface area contributed by atoms with Gasteiger partial charge in [-0.25, -0.2) is 0 Å². The molecule has 15 heavy (non-hydrogen) atoms. The number of hydrogen-bond donors (Lipinski definition) is 0. The summed E-state index contributed by atoms with van der Waals surface area (Å²) in [6.45, 7) is 4.13. The highest BCUT2D eigenvalue weighted by molar-refractivity contribution is 5.42. The molecule has 1 aromatic carbocycles. The van der Waals surface area contributed by atoms with Crippen LogP contribution in [0.25, 0.3) is 0 Å². The van der Waals surface area contributed by atoms with Crippen LogP contribution in [0.3, 0.4) is 0 Å². The van der Waals surface area contributed by atoms with Crippen molar-refractivity contribution in [1.82, 2.24) is 0 Å². The van der Waals surface area contributed by atoms with Gasteiger partial charge in [-0.2, -0.15) is 5.26 Å². The Morgan fingerprint density at radius 2 is 2.13 bits per heavy atom. The zero-order valence-corrected chi connectivity index (χ0v) is 9.58. The molecule has 1 atom stereocenters. The Morgan fingerprint density at radius 3 is 2.60 bits per heavy atom. The van der Waals surface area contributed by atoms with E-state index in [9.17, 15) is 0 Å². The lowest BCUT2D eigenvalue weighted by molar-refractivity contribution is 0.407. The summed E-state index contributed by atoms with van der Waals surface area (Å²) in [6, 6.07) is 8.39. The summed E-state index contributed by atoms with van der Waals surface area (Å²) in [4.78, 5) is 0. The quantitative estimate of drug-likeness (QED) is 0.752. The maximum atomic E-state index is 9.06. The van der Waals surface area contributed by atoms with Crippen molar-refractivity contribution in [2.75, 3.05) is 7.11 Å². The Kier molecular flexibility index (Phi) is 4.17. The van der Waals surface area contributed by atoms with Gasteiger partial charge in [-0.15, -0.1) is 0 Å². The normalized spacial score (nSPS) is 11.9. The first kappa shape index (κ1) is 11.6. The molecule has 0 bridgehead atoms. The van der Waals surface area contributed by atoms with Crippen molar-refractivity contribution in [3.8, 4) is 11.8 Å². The van der Waals surface area contributed by atoms with Gasteiger partial charge < -0.3 is 4.74 Å². The molecule has 2 nitrogen and oxygen atoms in total. The second kappa shape index (κ2) is 5.41. The van der Waals surface area contributed by atoms with E-state index in [-0.39, 0.29) is 5.92 Å². The molecule has 0 aliphatic carbocycles. The lowest BCUT2D eigenvalue weighted by Crippen LogP contribution is -1.99. The van der Waals surface area contributed by atoms with Crippen molar-refractivity contribution < 1.29 is 4.74 Å². The fraction of sp³-hybridized carbons (Fsp3) is 0.462. The maximum absolute atomic E-state index is 9.06. The van der Waals surface area contributed by atoms with E-state index in [0.29, 0.717) is 0 Å². The first-order valence-electron chi connectivity index (χ1n) is 5.33. The second-order valence-corrected chi connectivity index (χ2v) is 3.52. The van der Waals surface area contributed by atoms with E-state index in [4.69, 9.17) is 10.00 Å². The first-order chi connectivity index (χ1) is 7.26. The number of benzene rings is 1. The van der Waals surface area contributed by atoms with Crippen molar-refractivity contribution in [3.63, 3.8) is 0 Å². The Balaban J connectivity index is 3.17. The molecule has 0 N–H and O–H groups in total. The lowest BCUT2D eigenvalue weighted by Gasteiger charge is -2.13. The minimum absolute atomic E-state index is 0.0635. The van der Waals surface area contributed by atoms with Gasteiger partial charge in [0.05, 0.1) is 19.1 Å². The number of rotatable bonds is 4. The van der Waals surface area contributed by atoms with Gasteiger partial charge in [0.1, 0.15) is 5.75 Å². The molecule has 1 unspecified atom stereocenters. The van der Waals surface area contributed by atoms with Crippen LogP contribution >= 0.6 is 0 Å². The number of ether oxygens (including phenoxy) is 1. The van der Waals surface area contributed by atoms with Gasteiger partial charge in [0.15, 0.2) is 0 Å². The third-order valence-electron chi connectivity index (χ3n) is 2.64. The summed E-state index contributed by atoms with van der Waals surface area (Å²) < 4.78 is 5.28. The smallest absolute Gasteiger partial charge is 0.123 e. The molecule has 0 saturated carbocycles. The SMILES string of the molecule is CCc1ccc(OC)c(C(C#N)CC)c1. The molecule has 0 heterocycles. The summed E-state index contributed by atoms with van der Waals surface area (Å²) in [5.74, 6) is 0.757. The predicted molar refractivity (Wildman–Crippen MR) is 61.0 cm³/mol. The Bertz CT molecular complexity index is 365. The van der Waals surface area contributed by atoms with Crippen LogP contribution in [0.2, 0.25) is 0 Å². The molecule has 0 radical (unpaired) electrons. The molecule has 1 aromatic rings. The standard InChI is InChI=1S/C13H17NO/c1-4-10-6-7-13(15-3)12(8-10)11(5-2)9-14/h6-8,11H,4-5H2,1-3H3. The average Bonchev–Trinajstić information content (AvgIpc) is 2.30. The highest BCUT2D eigenvalue weighted by Gasteiger charge is 2.13. The molecule has 0 aromatic heterocycles. The summed E-state index contributed by atoms with van der Waals surface area (Å²) in [5.41, 5.74) is 2.27. The van der Waals surface area contributed by atoms with Crippen molar-refractivity contribution >= 4 is 0 Å². The summed E-state index contributed by atoms with van der Waals surface area (Å²) in [5, 5.41) is 9.06. The molecule has 0 saturated heterocycles. The monoisotopic (exact) mass is 203 g/mol. The van der Waals surface area contributed by atoms with Crippen molar-refractivity contribution in [2.24, 2.45) is 0 Å². The van der Waals surface area contributed by atoms with Crippen LogP contribution in [0, 0.1) is 11.3 Å². The van der Waals surface area contributed by atoms with Crippen LogP contribution < -0.4 is 4.74 Å². The van der Waals surface area contributed by atoms with Gasteiger partial charge >= 0.3 is 0 Å². The molecule has 0 fully saturated rings. The van der Waals surface area contributed by atoms with E-state index in [2.05, 4.69) is 19.1 Å². The molecule has 0 aliphatic heterocycles. The maximum Gasteiger partial charge on any atom is 0.123 e. The number of nitriles is 1. The van der Waals surface area contributed by atoms with Crippen LogP contribution in [-0.2, 0) is 6.42 Å². The molecule has 0 spiro atoms. The van der Waals surface area contributed by atoms with Gasteiger partial charge in [0.2, 0.25) is 0 Å². The summed E-state index contributed by atoms with van der Waals surface area (Å²) in [6.07, 6.45) is 1.80. The van der Waals surface area contributed by atoms with E-state index in [0.717, 1.165) is 24.2 Å². The van der Waals surface area contributed by atoms with Crippen LogP contribution in [0.15, 0.2) is 18.2 Å². The van der Waals surface area contributed by atoms with Crippen molar-refractivity contribution in [2.45, 2.75) is 32.6 Å². The van der Waals surface area contributed by atoms with E-state index < -0.39 is 0 Å². The van der Waals surface area contributed by atoms with Gasteiger partial charge in [-0.3, -0.25) is 0 Å². The molecular formula is C13H17NO. The van der Waals surface area contributed by atoms with Crippen LogP contribution in [0.5, 0.6) is 5.75 Å². The highest BCUT2D eigenvalue weighted by atomic mass is 16.5. The Labute approximate surface area is 91.5 Å². The Morgan fingerprint density at radius 1 is 1.40 bits per heavy atom. The molecule has 1 rings (SSSR count). The van der Waals surface area contributed by atoms with Gasteiger partial charge in [-0.1, -0.05) is 26.0 Å². The van der Waals surface area contributed by atoms with E-state index in [1.807, 2.05) is 19.1 Å². The summed E-state index contributed by atoms with van der Waals surface area (Å²) in [7, 11) is 1.65. The van der Waals surface area contributed by atoms with Crippen LogP contribution in [-0.4, -0.2) is 7.11 Å². The largest absolute Gasteiger partial charge is 0.496 e. The van der Waals surface area contributed by atoms with Gasteiger partial charge in [0.25, 0.3) is 0 Å². The fourth-order valence-corrected chi connectivity index (χ4v) is 1.66. The highest BCUT2D eigenvalue weighted by Crippen LogP contribution is 2.29. The Hall–Kier alpha value is -1.49. The minimum atomic E-state index is -0.0635. The van der Waals surface area contributed by atoms with Crippen LogP contribution in [0.1, 0.15) is 37.3 Å². The number of nitrogens with zero attached hydrogens (tertiary/aromatic N) is 1. The van der Waals surface area contributed by atoms with E-state index in [1.165, 1.54) is 5.56 Å². The van der Waals surface area contributed by atoms with Crippen LogP contribution in [0.4, 0.5) is 0 Å². The second-order valence-electron chi connectivity index (χ2n) is 3.52. The van der Waals surface area contributed by atoms with E-state index >= 15 is 0 Å². The van der Waals surface area contributed by atoms with Gasteiger partial charge in [-0.05, 0) is 24.5 Å². The zero-order valence-electron chi connectivity index (χ0n) is 9.58. The molecular weight excluding hydrogens is 186 g/mol. The average molecular weight is 203 g/mol. The predicted octanol–water partition coefficient (Wildman–Crippen LogP) is 3.27. The van der Waals surface area contributed by atoms with Crippen molar-refractivity contribution in [1.29, 1.82) is 5.26 Å². The third-order valence-corrected chi connectivity index (χ3v) is 2.64. The molecule has 80 valence electrons.